The van der Waals surface area contributed by atoms with E-state index in [0.29, 0.717) is 26.4 Å². The zero-order chi connectivity index (χ0) is 19.1. The first-order chi connectivity index (χ1) is 12.3. The van der Waals surface area contributed by atoms with Gasteiger partial charge in [-0.25, -0.2) is 0 Å². The van der Waals surface area contributed by atoms with Gasteiger partial charge in [-0.1, -0.05) is 27.7 Å². The SMILES string of the molecule is CCC1CC2(OCC(C)(CO)CO2)C(CC)CC12OCC(C)(CO)CO2. The lowest BCUT2D eigenvalue weighted by Crippen LogP contribution is -2.64. The van der Waals surface area contributed by atoms with Gasteiger partial charge >= 0.3 is 0 Å². The van der Waals surface area contributed by atoms with Crippen molar-refractivity contribution in [2.45, 2.75) is 65.0 Å². The van der Waals surface area contributed by atoms with Gasteiger partial charge in [-0.2, -0.15) is 0 Å². The lowest BCUT2D eigenvalue weighted by atomic mass is 9.69. The maximum absolute atomic E-state index is 9.61. The highest BCUT2D eigenvalue weighted by atomic mass is 16.7. The van der Waals surface area contributed by atoms with Gasteiger partial charge in [0.15, 0.2) is 11.6 Å². The van der Waals surface area contributed by atoms with Crippen LogP contribution in [-0.4, -0.2) is 61.4 Å². The van der Waals surface area contributed by atoms with E-state index in [-0.39, 0.29) is 35.9 Å². The second-order valence-electron chi connectivity index (χ2n) is 9.33. The van der Waals surface area contributed by atoms with Gasteiger partial charge in [0, 0.05) is 35.5 Å². The molecular weight excluding hydrogens is 336 g/mol. The predicted molar refractivity (Wildman–Crippen MR) is 96.5 cm³/mol. The Morgan fingerprint density at radius 2 is 1.00 bits per heavy atom. The molecule has 2 unspecified atom stereocenters. The number of ether oxygens (including phenoxy) is 4. The zero-order valence-electron chi connectivity index (χ0n) is 16.8. The van der Waals surface area contributed by atoms with Crippen LogP contribution in [0.2, 0.25) is 0 Å². The van der Waals surface area contributed by atoms with E-state index in [1.54, 1.807) is 0 Å². The summed E-state index contributed by atoms with van der Waals surface area (Å²) in [7, 11) is 0. The minimum atomic E-state index is -0.611. The Morgan fingerprint density at radius 3 is 1.23 bits per heavy atom. The summed E-state index contributed by atoms with van der Waals surface area (Å²) >= 11 is 0. The molecular formula is C20H36O6. The molecule has 26 heavy (non-hydrogen) atoms. The fourth-order valence-electron chi connectivity index (χ4n) is 4.48. The molecule has 0 radical (unpaired) electrons. The summed E-state index contributed by atoms with van der Waals surface area (Å²) in [5.74, 6) is -0.876. The number of hydrogen-bond acceptors (Lipinski definition) is 6. The van der Waals surface area contributed by atoms with Crippen LogP contribution in [0.5, 0.6) is 0 Å². The van der Waals surface area contributed by atoms with E-state index in [4.69, 9.17) is 18.9 Å². The molecule has 152 valence electrons. The Hall–Kier alpha value is -0.240. The molecule has 0 bridgehead atoms. The fraction of sp³-hybridized carbons (Fsp3) is 1.00. The van der Waals surface area contributed by atoms with Crippen molar-refractivity contribution in [3.8, 4) is 0 Å². The third kappa shape index (κ3) is 3.45. The minimum absolute atomic E-state index is 0.0625. The van der Waals surface area contributed by atoms with E-state index in [9.17, 15) is 10.2 Å². The van der Waals surface area contributed by atoms with E-state index in [2.05, 4.69) is 13.8 Å². The molecule has 3 rings (SSSR count). The van der Waals surface area contributed by atoms with E-state index in [1.165, 1.54) is 0 Å². The molecule has 2 spiro atoms. The first-order valence-electron chi connectivity index (χ1n) is 10.1. The van der Waals surface area contributed by atoms with E-state index < -0.39 is 11.6 Å². The lowest BCUT2D eigenvalue weighted by molar-refractivity contribution is -0.404. The normalized spacial score (nSPS) is 49.6. The lowest BCUT2D eigenvalue weighted by Gasteiger charge is -2.58. The molecule has 3 aliphatic rings. The standard InChI is InChI=1S/C20H36O6/c1-5-15-7-20(25-13-18(4,10-22)14-26-20)16(6-2)8-19(15)23-11-17(3,9-21)12-24-19/h15-16,21-22H,5-14H2,1-4H3. The molecule has 0 aromatic heterocycles. The Labute approximate surface area is 157 Å². The molecule has 2 heterocycles. The third-order valence-electron chi connectivity index (χ3n) is 6.71. The molecule has 1 saturated carbocycles. The van der Waals surface area contributed by atoms with Gasteiger partial charge in [0.2, 0.25) is 0 Å². The van der Waals surface area contributed by atoms with Gasteiger partial charge in [-0.05, 0) is 12.8 Å². The van der Waals surface area contributed by atoms with Gasteiger partial charge in [-0.15, -0.1) is 0 Å². The van der Waals surface area contributed by atoms with Crippen molar-refractivity contribution in [1.29, 1.82) is 0 Å². The molecule has 3 fully saturated rings. The van der Waals surface area contributed by atoms with Crippen LogP contribution >= 0.6 is 0 Å². The highest BCUT2D eigenvalue weighted by molar-refractivity contribution is 5.00. The van der Waals surface area contributed by atoms with Gasteiger partial charge in [0.1, 0.15) is 0 Å². The molecule has 0 amide bonds. The topological polar surface area (TPSA) is 77.4 Å². The monoisotopic (exact) mass is 372 g/mol. The van der Waals surface area contributed by atoms with Crippen molar-refractivity contribution in [3.63, 3.8) is 0 Å². The summed E-state index contributed by atoms with van der Waals surface area (Å²) in [6, 6.07) is 0. The van der Waals surface area contributed by atoms with Crippen LogP contribution in [0, 0.1) is 22.7 Å². The minimum Gasteiger partial charge on any atom is -0.396 e. The van der Waals surface area contributed by atoms with Crippen molar-refractivity contribution in [3.05, 3.63) is 0 Å². The van der Waals surface area contributed by atoms with Crippen LogP contribution in [0.15, 0.2) is 0 Å². The van der Waals surface area contributed by atoms with Crippen LogP contribution in [0.1, 0.15) is 53.4 Å². The summed E-state index contributed by atoms with van der Waals surface area (Å²) in [4.78, 5) is 0. The molecule has 1 aliphatic carbocycles. The summed E-state index contributed by atoms with van der Waals surface area (Å²) in [6.07, 6.45) is 3.30. The summed E-state index contributed by atoms with van der Waals surface area (Å²) < 4.78 is 25.2. The van der Waals surface area contributed by atoms with Gasteiger partial charge in [0.25, 0.3) is 0 Å². The Bertz CT molecular complexity index is 433. The van der Waals surface area contributed by atoms with Crippen LogP contribution in [0.3, 0.4) is 0 Å². The highest BCUT2D eigenvalue weighted by Gasteiger charge is 2.60. The van der Waals surface area contributed by atoms with E-state index >= 15 is 0 Å². The molecule has 0 aromatic rings. The molecule has 2 aliphatic heterocycles. The molecule has 6 nitrogen and oxygen atoms in total. The second-order valence-corrected chi connectivity index (χ2v) is 9.33. The Morgan fingerprint density at radius 1 is 0.692 bits per heavy atom. The first-order valence-corrected chi connectivity index (χ1v) is 10.1. The van der Waals surface area contributed by atoms with Crippen molar-refractivity contribution in [2.24, 2.45) is 22.7 Å². The Kier molecular flexibility index (Phi) is 5.75. The van der Waals surface area contributed by atoms with Crippen molar-refractivity contribution in [2.75, 3.05) is 39.6 Å². The van der Waals surface area contributed by atoms with E-state index in [1.807, 2.05) is 13.8 Å². The van der Waals surface area contributed by atoms with Crippen LogP contribution in [0.4, 0.5) is 0 Å². The number of aliphatic hydroxyl groups excluding tert-OH is 2. The largest absolute Gasteiger partial charge is 0.396 e. The van der Waals surface area contributed by atoms with E-state index in [0.717, 1.165) is 25.7 Å². The average Bonchev–Trinajstić information content (AvgIpc) is 2.68. The molecule has 6 heteroatoms. The van der Waals surface area contributed by atoms with Gasteiger partial charge in [0.05, 0.1) is 39.6 Å². The third-order valence-corrected chi connectivity index (χ3v) is 6.71. The smallest absolute Gasteiger partial charge is 0.171 e. The second kappa shape index (κ2) is 7.30. The number of rotatable bonds is 4. The van der Waals surface area contributed by atoms with Crippen LogP contribution < -0.4 is 0 Å². The molecule has 2 N–H and O–H groups in total. The molecule has 2 saturated heterocycles. The summed E-state index contributed by atoms with van der Waals surface area (Å²) in [5, 5.41) is 19.2. The zero-order valence-corrected chi connectivity index (χ0v) is 16.8. The van der Waals surface area contributed by atoms with Crippen molar-refractivity contribution < 1.29 is 29.2 Å². The first kappa shape index (κ1) is 20.5. The van der Waals surface area contributed by atoms with Crippen molar-refractivity contribution >= 4 is 0 Å². The van der Waals surface area contributed by atoms with Gasteiger partial charge in [-0.3, -0.25) is 0 Å². The average molecular weight is 373 g/mol. The Balaban J connectivity index is 1.78. The van der Waals surface area contributed by atoms with Gasteiger partial charge < -0.3 is 29.2 Å². The maximum atomic E-state index is 9.61. The molecule has 0 aromatic carbocycles. The molecule has 2 atom stereocenters. The summed E-state index contributed by atoms with van der Waals surface area (Å²) in [5.41, 5.74) is -0.664. The van der Waals surface area contributed by atoms with Crippen molar-refractivity contribution in [1.82, 2.24) is 0 Å². The summed E-state index contributed by atoms with van der Waals surface area (Å²) in [6.45, 7) is 10.4. The predicted octanol–water partition coefficient (Wildman–Crippen LogP) is 2.32. The number of aliphatic hydroxyl groups is 2. The highest BCUT2D eigenvalue weighted by Crippen LogP contribution is 2.54. The quantitative estimate of drug-likeness (QED) is 0.789. The van der Waals surface area contributed by atoms with Crippen LogP contribution in [-0.2, 0) is 18.9 Å². The van der Waals surface area contributed by atoms with Crippen LogP contribution in [0.25, 0.3) is 0 Å². The maximum Gasteiger partial charge on any atom is 0.171 e. The fourth-order valence-corrected chi connectivity index (χ4v) is 4.48. The number of hydrogen-bond donors (Lipinski definition) is 2.